The van der Waals surface area contributed by atoms with E-state index in [-0.39, 0.29) is 11.7 Å². The maximum absolute atomic E-state index is 12.8. The molecule has 0 fully saturated rings. The van der Waals surface area contributed by atoms with Crippen molar-refractivity contribution in [3.63, 3.8) is 0 Å². The Morgan fingerprint density at radius 1 is 1.33 bits per heavy atom. The van der Waals surface area contributed by atoms with E-state index in [1.54, 1.807) is 12.1 Å². The minimum atomic E-state index is -0.288. The number of carbonyl (C=O) groups is 1. The summed E-state index contributed by atoms with van der Waals surface area (Å²) in [6.07, 6.45) is 1.39. The first-order valence-corrected chi connectivity index (χ1v) is 7.92. The van der Waals surface area contributed by atoms with Gasteiger partial charge in [-0.2, -0.15) is 10.4 Å². The zero-order valence-corrected chi connectivity index (χ0v) is 14.0. The lowest BCUT2D eigenvalue weighted by Gasteiger charge is -2.06. The molecule has 0 aliphatic heterocycles. The SMILES string of the molecule is Cc1nn(CCC#N)c(C)c1CCC(=O)NCc1ccc(F)cc1. The summed E-state index contributed by atoms with van der Waals surface area (Å²) >= 11 is 0. The number of carbonyl (C=O) groups excluding carboxylic acids is 1. The second kappa shape index (κ2) is 8.25. The Labute approximate surface area is 141 Å². The molecule has 24 heavy (non-hydrogen) atoms. The molecule has 1 heterocycles. The van der Waals surface area contributed by atoms with Gasteiger partial charge in [-0.3, -0.25) is 9.48 Å². The second-order valence-corrected chi connectivity index (χ2v) is 5.68. The van der Waals surface area contributed by atoms with E-state index in [2.05, 4.69) is 16.5 Å². The first kappa shape index (κ1) is 17.7. The predicted molar refractivity (Wildman–Crippen MR) is 88.5 cm³/mol. The molecule has 1 amide bonds. The Hall–Kier alpha value is -2.68. The third kappa shape index (κ3) is 4.66. The van der Waals surface area contributed by atoms with E-state index in [4.69, 9.17) is 5.26 Å². The van der Waals surface area contributed by atoms with Crippen molar-refractivity contribution in [1.29, 1.82) is 5.26 Å². The molecule has 0 unspecified atom stereocenters. The molecule has 1 N–H and O–H groups in total. The van der Waals surface area contributed by atoms with Crippen LogP contribution in [-0.4, -0.2) is 15.7 Å². The summed E-state index contributed by atoms with van der Waals surface area (Å²) in [5.41, 5.74) is 3.83. The van der Waals surface area contributed by atoms with Crippen molar-refractivity contribution in [3.05, 3.63) is 52.6 Å². The molecule has 126 valence electrons. The Morgan fingerprint density at radius 2 is 2.04 bits per heavy atom. The van der Waals surface area contributed by atoms with Gasteiger partial charge >= 0.3 is 0 Å². The van der Waals surface area contributed by atoms with Gasteiger partial charge < -0.3 is 5.32 Å². The zero-order chi connectivity index (χ0) is 17.5. The van der Waals surface area contributed by atoms with Gasteiger partial charge in [0.1, 0.15) is 5.82 Å². The van der Waals surface area contributed by atoms with Gasteiger partial charge in [-0.15, -0.1) is 0 Å². The van der Waals surface area contributed by atoms with Crippen molar-refractivity contribution in [3.8, 4) is 6.07 Å². The molecule has 2 aromatic rings. The third-order valence-electron chi connectivity index (χ3n) is 3.97. The van der Waals surface area contributed by atoms with E-state index < -0.39 is 0 Å². The van der Waals surface area contributed by atoms with Gasteiger partial charge in [-0.25, -0.2) is 4.39 Å². The summed E-state index contributed by atoms with van der Waals surface area (Å²) in [4.78, 5) is 12.0. The van der Waals surface area contributed by atoms with Crippen molar-refractivity contribution in [2.24, 2.45) is 0 Å². The molecule has 0 spiro atoms. The van der Waals surface area contributed by atoms with Crippen LogP contribution in [0, 0.1) is 31.0 Å². The van der Waals surface area contributed by atoms with E-state index in [9.17, 15) is 9.18 Å². The van der Waals surface area contributed by atoms with Gasteiger partial charge in [0.2, 0.25) is 5.91 Å². The minimum absolute atomic E-state index is 0.0529. The Balaban J connectivity index is 1.86. The summed E-state index contributed by atoms with van der Waals surface area (Å²) in [6.45, 7) is 4.84. The van der Waals surface area contributed by atoms with E-state index in [0.29, 0.717) is 32.4 Å². The van der Waals surface area contributed by atoms with Crippen LogP contribution in [0.25, 0.3) is 0 Å². The van der Waals surface area contributed by atoms with Gasteiger partial charge in [-0.1, -0.05) is 12.1 Å². The van der Waals surface area contributed by atoms with Crippen molar-refractivity contribution in [2.75, 3.05) is 0 Å². The van der Waals surface area contributed by atoms with Crippen LogP contribution in [0.2, 0.25) is 0 Å². The summed E-state index contributed by atoms with van der Waals surface area (Å²) < 4.78 is 14.7. The lowest BCUT2D eigenvalue weighted by Crippen LogP contribution is -2.23. The summed E-state index contributed by atoms with van der Waals surface area (Å²) in [5.74, 6) is -0.340. The number of amides is 1. The van der Waals surface area contributed by atoms with E-state index in [1.807, 2.05) is 18.5 Å². The standard InChI is InChI=1S/C18H21FN4O/c1-13-17(14(2)23(22-13)11-3-10-20)8-9-18(24)21-12-15-4-6-16(19)7-5-15/h4-7H,3,8-9,11-12H2,1-2H3,(H,21,24). The van der Waals surface area contributed by atoms with Gasteiger partial charge in [-0.05, 0) is 43.5 Å². The lowest BCUT2D eigenvalue weighted by molar-refractivity contribution is -0.121. The average molecular weight is 328 g/mol. The van der Waals surface area contributed by atoms with Crippen molar-refractivity contribution < 1.29 is 9.18 Å². The molecule has 0 bridgehead atoms. The lowest BCUT2D eigenvalue weighted by atomic mass is 10.1. The number of nitriles is 1. The van der Waals surface area contributed by atoms with Gasteiger partial charge in [0.05, 0.1) is 24.7 Å². The monoisotopic (exact) mass is 328 g/mol. The molecule has 1 aromatic heterocycles. The van der Waals surface area contributed by atoms with Gasteiger partial charge in [0.25, 0.3) is 0 Å². The van der Waals surface area contributed by atoms with E-state index in [1.165, 1.54) is 12.1 Å². The molecule has 0 saturated heterocycles. The predicted octanol–water partition coefficient (Wildman–Crippen LogP) is 2.80. The molecule has 5 nitrogen and oxygen atoms in total. The number of benzene rings is 1. The quantitative estimate of drug-likeness (QED) is 0.849. The number of aryl methyl sites for hydroxylation is 2. The van der Waals surface area contributed by atoms with Crippen LogP contribution in [0.1, 0.15) is 35.4 Å². The Morgan fingerprint density at radius 3 is 2.71 bits per heavy atom. The topological polar surface area (TPSA) is 70.7 Å². The minimum Gasteiger partial charge on any atom is -0.352 e. The van der Waals surface area contributed by atoms with Crippen LogP contribution in [0.4, 0.5) is 4.39 Å². The number of hydrogen-bond donors (Lipinski definition) is 1. The Kier molecular flexibility index (Phi) is 6.07. The maximum Gasteiger partial charge on any atom is 0.220 e. The van der Waals surface area contributed by atoms with Crippen molar-refractivity contribution in [1.82, 2.24) is 15.1 Å². The first-order chi connectivity index (χ1) is 11.5. The smallest absolute Gasteiger partial charge is 0.220 e. The van der Waals surface area contributed by atoms with Crippen LogP contribution < -0.4 is 5.32 Å². The summed E-state index contributed by atoms with van der Waals surface area (Å²) in [6, 6.07) is 8.18. The summed E-state index contributed by atoms with van der Waals surface area (Å²) in [5, 5.41) is 15.9. The molecule has 0 atom stereocenters. The van der Waals surface area contributed by atoms with Gasteiger partial charge in [0, 0.05) is 18.7 Å². The molecule has 0 aliphatic rings. The highest BCUT2D eigenvalue weighted by atomic mass is 19.1. The number of nitrogens with one attached hydrogen (secondary N) is 1. The van der Waals surface area contributed by atoms with Crippen molar-refractivity contribution in [2.45, 2.75) is 46.2 Å². The first-order valence-electron chi connectivity index (χ1n) is 7.92. The molecule has 0 aliphatic carbocycles. The van der Waals surface area contributed by atoms with Crippen molar-refractivity contribution >= 4 is 5.91 Å². The van der Waals surface area contributed by atoms with Crippen LogP contribution in [-0.2, 0) is 24.3 Å². The molecule has 0 saturated carbocycles. The highest BCUT2D eigenvalue weighted by Gasteiger charge is 2.13. The van der Waals surface area contributed by atoms with Crippen LogP contribution in [0.3, 0.4) is 0 Å². The molecule has 2 rings (SSSR count). The fourth-order valence-corrected chi connectivity index (χ4v) is 2.60. The molecule has 0 radical (unpaired) electrons. The molecule has 6 heteroatoms. The Bertz CT molecular complexity index is 744. The molecular weight excluding hydrogens is 307 g/mol. The van der Waals surface area contributed by atoms with E-state index >= 15 is 0 Å². The highest BCUT2D eigenvalue weighted by molar-refractivity contribution is 5.76. The number of aromatic nitrogens is 2. The fraction of sp³-hybridized carbons (Fsp3) is 0.389. The number of hydrogen-bond acceptors (Lipinski definition) is 3. The number of halogens is 1. The summed E-state index contributed by atoms with van der Waals surface area (Å²) in [7, 11) is 0. The van der Waals surface area contributed by atoms with Crippen LogP contribution in [0.15, 0.2) is 24.3 Å². The maximum atomic E-state index is 12.8. The van der Waals surface area contributed by atoms with Crippen LogP contribution >= 0.6 is 0 Å². The number of nitrogens with zero attached hydrogens (tertiary/aromatic N) is 3. The fourth-order valence-electron chi connectivity index (χ4n) is 2.60. The largest absolute Gasteiger partial charge is 0.352 e. The second-order valence-electron chi connectivity index (χ2n) is 5.68. The number of rotatable bonds is 7. The average Bonchev–Trinajstić information content (AvgIpc) is 2.84. The van der Waals surface area contributed by atoms with Gasteiger partial charge in [0.15, 0.2) is 0 Å². The zero-order valence-electron chi connectivity index (χ0n) is 14.0. The van der Waals surface area contributed by atoms with E-state index in [0.717, 1.165) is 22.5 Å². The highest BCUT2D eigenvalue weighted by Crippen LogP contribution is 2.15. The van der Waals surface area contributed by atoms with Crippen LogP contribution in [0.5, 0.6) is 0 Å². The third-order valence-corrected chi connectivity index (χ3v) is 3.97. The normalized spacial score (nSPS) is 10.4. The molecular formula is C18H21FN4O. The molecule has 1 aromatic carbocycles.